The van der Waals surface area contributed by atoms with E-state index in [1.165, 1.54) is 11.3 Å². The number of urea groups is 1. The number of carbonyl (C=O) groups is 2. The Balaban J connectivity index is 1.41. The summed E-state index contributed by atoms with van der Waals surface area (Å²) in [5.74, 6) is 5.27. The topological polar surface area (TPSA) is 90.5 Å². The smallest absolute Gasteiger partial charge is 0.323 e. The number of carbonyl (C=O) groups excluding carboxylic acids is 2. The first kappa shape index (κ1) is 27.1. The van der Waals surface area contributed by atoms with Crippen LogP contribution in [-0.2, 0) is 6.18 Å². The molecule has 8 nitrogen and oxygen atoms in total. The molecule has 0 bridgehead atoms. The number of benzene rings is 1. The third-order valence-electron chi connectivity index (χ3n) is 6.04. The molecule has 1 aliphatic heterocycles. The number of likely N-dealkylation sites (tertiary alicyclic amines) is 1. The molecule has 0 radical (unpaired) electrons. The predicted octanol–water partition coefficient (Wildman–Crippen LogP) is 4.69. The SMILES string of the molecule is Cc1ccc(NC(=O)c2cc(C(F)(F)F)ccn2)cc1C#Cc1cnc(NC(=O)N2CC[C@H](N(C)C)C2)s1. The normalized spacial score (nSPS) is 15.2. The number of hydrogen-bond donors (Lipinski definition) is 2. The summed E-state index contributed by atoms with van der Waals surface area (Å²) in [6.07, 6.45) is -1.14. The van der Waals surface area contributed by atoms with Crippen LogP contribution in [0.2, 0.25) is 0 Å². The fourth-order valence-corrected chi connectivity index (χ4v) is 4.46. The molecule has 1 atom stereocenters. The molecular formula is C26H25F3N6O2S. The van der Waals surface area contributed by atoms with Crippen LogP contribution in [0, 0.1) is 18.8 Å². The van der Waals surface area contributed by atoms with Crippen LogP contribution in [0.5, 0.6) is 0 Å². The van der Waals surface area contributed by atoms with Crippen molar-refractivity contribution in [2.24, 2.45) is 0 Å². The second-order valence-electron chi connectivity index (χ2n) is 8.97. The molecule has 1 saturated heterocycles. The molecule has 3 heterocycles. The highest BCUT2D eigenvalue weighted by atomic mass is 32.1. The van der Waals surface area contributed by atoms with Gasteiger partial charge in [0.2, 0.25) is 0 Å². The molecule has 1 fully saturated rings. The number of nitrogens with zero attached hydrogens (tertiary/aromatic N) is 4. The first-order chi connectivity index (χ1) is 18.0. The number of hydrogen-bond acceptors (Lipinski definition) is 6. The first-order valence-corrected chi connectivity index (χ1v) is 12.5. The van der Waals surface area contributed by atoms with Crippen LogP contribution in [0.3, 0.4) is 0 Å². The van der Waals surface area contributed by atoms with Crippen LogP contribution in [0.25, 0.3) is 0 Å². The Bertz CT molecular complexity index is 1410. The van der Waals surface area contributed by atoms with Crippen LogP contribution in [0.4, 0.5) is 28.8 Å². The lowest BCUT2D eigenvalue weighted by Crippen LogP contribution is -2.36. The number of alkyl halides is 3. The van der Waals surface area contributed by atoms with Gasteiger partial charge in [0.05, 0.1) is 16.6 Å². The van der Waals surface area contributed by atoms with Crippen molar-refractivity contribution < 1.29 is 22.8 Å². The number of likely N-dealkylation sites (N-methyl/N-ethyl adjacent to an activating group) is 1. The highest BCUT2D eigenvalue weighted by Gasteiger charge is 2.31. The molecule has 2 aromatic heterocycles. The van der Waals surface area contributed by atoms with E-state index in [1.54, 1.807) is 29.3 Å². The predicted molar refractivity (Wildman–Crippen MR) is 139 cm³/mol. The molecule has 2 N–H and O–H groups in total. The van der Waals surface area contributed by atoms with Crippen molar-refractivity contribution in [2.75, 3.05) is 37.8 Å². The van der Waals surface area contributed by atoms with Gasteiger partial charge in [-0.05, 0) is 63.2 Å². The van der Waals surface area contributed by atoms with Gasteiger partial charge in [-0.1, -0.05) is 23.3 Å². The van der Waals surface area contributed by atoms with E-state index in [4.69, 9.17) is 0 Å². The molecule has 0 spiro atoms. The lowest BCUT2D eigenvalue weighted by atomic mass is 10.1. The van der Waals surface area contributed by atoms with Gasteiger partial charge in [0, 0.05) is 36.6 Å². The average Bonchev–Trinajstić information content (AvgIpc) is 3.54. The number of nitrogens with one attached hydrogen (secondary N) is 2. The third-order valence-corrected chi connectivity index (χ3v) is 6.86. The van der Waals surface area contributed by atoms with E-state index < -0.39 is 17.6 Å². The van der Waals surface area contributed by atoms with Crippen molar-refractivity contribution in [3.05, 3.63) is 70.0 Å². The second-order valence-corrected chi connectivity index (χ2v) is 10.0. The standard InChI is InChI=1S/C26H25F3N6O2S/c1-16-4-6-19(32-23(36)22-13-18(8-10-30-22)26(27,28)29)12-17(16)5-7-21-14-31-24(38-21)33-25(37)35-11-9-20(15-35)34(2)3/h4,6,8,10,12-14,20H,9,11,15H2,1-3H3,(H,32,36)(H,31,33,37)/t20-/m0/s1. The van der Waals surface area contributed by atoms with Gasteiger partial charge in [0.25, 0.3) is 5.91 Å². The van der Waals surface area contributed by atoms with Gasteiger partial charge in [-0.2, -0.15) is 13.2 Å². The Kier molecular flexibility index (Phi) is 7.99. The summed E-state index contributed by atoms with van der Waals surface area (Å²) in [5.41, 5.74) is 0.522. The van der Waals surface area contributed by atoms with Gasteiger partial charge in [-0.15, -0.1) is 0 Å². The summed E-state index contributed by atoms with van der Waals surface area (Å²) in [7, 11) is 3.99. The Morgan fingerprint density at radius 3 is 2.63 bits per heavy atom. The molecule has 38 heavy (non-hydrogen) atoms. The molecule has 198 valence electrons. The average molecular weight is 543 g/mol. The van der Waals surface area contributed by atoms with Gasteiger partial charge in [-0.25, -0.2) is 9.78 Å². The van der Waals surface area contributed by atoms with Gasteiger partial charge in [-0.3, -0.25) is 15.1 Å². The van der Waals surface area contributed by atoms with Crippen LogP contribution < -0.4 is 10.6 Å². The molecule has 0 unspecified atom stereocenters. The number of aryl methyl sites for hydroxylation is 1. The van der Waals surface area contributed by atoms with E-state index in [9.17, 15) is 22.8 Å². The van der Waals surface area contributed by atoms with Crippen LogP contribution in [-0.4, -0.2) is 64.9 Å². The number of amides is 3. The molecule has 3 amide bonds. The van der Waals surface area contributed by atoms with Gasteiger partial charge in [0.15, 0.2) is 5.13 Å². The van der Waals surface area contributed by atoms with Crippen molar-refractivity contribution >= 4 is 34.1 Å². The third kappa shape index (κ3) is 6.67. The Morgan fingerprint density at radius 2 is 1.92 bits per heavy atom. The Morgan fingerprint density at radius 1 is 1.13 bits per heavy atom. The van der Waals surface area contributed by atoms with Crippen molar-refractivity contribution in [1.82, 2.24) is 19.8 Å². The van der Waals surface area contributed by atoms with Crippen molar-refractivity contribution in [3.63, 3.8) is 0 Å². The minimum Gasteiger partial charge on any atom is -0.323 e. The minimum absolute atomic E-state index is 0.197. The van der Waals surface area contributed by atoms with Crippen molar-refractivity contribution in [3.8, 4) is 11.8 Å². The summed E-state index contributed by atoms with van der Waals surface area (Å²) < 4.78 is 38.9. The van der Waals surface area contributed by atoms with Crippen LogP contribution in [0.1, 0.15) is 38.5 Å². The second kappa shape index (κ2) is 11.2. The summed E-state index contributed by atoms with van der Waals surface area (Å²) in [6.45, 7) is 3.19. The maximum Gasteiger partial charge on any atom is 0.416 e. The molecule has 3 aromatic rings. The number of rotatable bonds is 4. The van der Waals surface area contributed by atoms with Gasteiger partial charge in [0.1, 0.15) is 5.69 Å². The number of anilines is 2. The van der Waals surface area contributed by atoms with E-state index in [0.717, 1.165) is 24.2 Å². The van der Waals surface area contributed by atoms with Crippen LogP contribution in [0.15, 0.2) is 42.7 Å². The Labute approximate surface area is 221 Å². The monoisotopic (exact) mass is 542 g/mol. The summed E-state index contributed by atoms with van der Waals surface area (Å²) in [6, 6.07) is 6.65. The van der Waals surface area contributed by atoms with Gasteiger partial charge >= 0.3 is 12.2 Å². The van der Waals surface area contributed by atoms with E-state index >= 15 is 0 Å². The highest BCUT2D eigenvalue weighted by molar-refractivity contribution is 7.16. The largest absolute Gasteiger partial charge is 0.416 e. The molecule has 1 aliphatic rings. The zero-order valence-electron chi connectivity index (χ0n) is 20.9. The first-order valence-electron chi connectivity index (χ1n) is 11.6. The number of pyridine rings is 1. The van der Waals surface area contributed by atoms with Crippen LogP contribution >= 0.6 is 11.3 Å². The zero-order chi connectivity index (χ0) is 27.4. The summed E-state index contributed by atoms with van der Waals surface area (Å²) in [5, 5.41) is 5.82. The maximum atomic E-state index is 13.0. The fraction of sp³-hybridized carbons (Fsp3) is 0.308. The molecule has 1 aromatic carbocycles. The maximum absolute atomic E-state index is 13.0. The lowest BCUT2D eigenvalue weighted by Gasteiger charge is -2.20. The van der Waals surface area contributed by atoms with E-state index in [0.29, 0.717) is 46.5 Å². The van der Waals surface area contributed by atoms with E-state index in [1.807, 2.05) is 21.0 Å². The van der Waals surface area contributed by atoms with E-state index in [2.05, 4.69) is 37.3 Å². The van der Waals surface area contributed by atoms with Crippen molar-refractivity contribution in [2.45, 2.75) is 25.6 Å². The lowest BCUT2D eigenvalue weighted by molar-refractivity contribution is -0.137. The molecule has 4 rings (SSSR count). The number of aromatic nitrogens is 2. The fourth-order valence-electron chi connectivity index (χ4n) is 3.80. The minimum atomic E-state index is -4.58. The zero-order valence-corrected chi connectivity index (χ0v) is 21.7. The number of halogens is 3. The Hall–Kier alpha value is -3.95. The van der Waals surface area contributed by atoms with E-state index in [-0.39, 0.29) is 11.7 Å². The quantitative estimate of drug-likeness (QED) is 0.467. The van der Waals surface area contributed by atoms with Gasteiger partial charge < -0.3 is 15.1 Å². The highest BCUT2D eigenvalue weighted by Crippen LogP contribution is 2.29. The summed E-state index contributed by atoms with van der Waals surface area (Å²) in [4.78, 5) is 37.5. The summed E-state index contributed by atoms with van der Waals surface area (Å²) >= 11 is 1.24. The molecule has 0 aliphatic carbocycles. The number of thiazole rings is 1. The molecule has 12 heteroatoms. The van der Waals surface area contributed by atoms with Crippen molar-refractivity contribution in [1.29, 1.82) is 0 Å². The molecular weight excluding hydrogens is 517 g/mol. The molecule has 0 saturated carbocycles.